The molecule has 0 aromatic heterocycles. The lowest BCUT2D eigenvalue weighted by atomic mass is 10.2. The quantitative estimate of drug-likeness (QED) is 0.686. The molecule has 0 aliphatic carbocycles. The number of benzene rings is 1. The molecule has 1 aliphatic rings. The van der Waals surface area contributed by atoms with E-state index in [0.29, 0.717) is 5.56 Å². The molecule has 0 saturated carbocycles. The van der Waals surface area contributed by atoms with Crippen molar-refractivity contribution in [2.45, 2.75) is 13.2 Å². The Morgan fingerprint density at radius 3 is 2.69 bits per heavy atom. The minimum atomic E-state index is -3.52. The Labute approximate surface area is 87.0 Å². The van der Waals surface area contributed by atoms with Crippen molar-refractivity contribution in [2.75, 3.05) is 0 Å². The molecular formula is C8H5F2IO2. The van der Waals surface area contributed by atoms with Gasteiger partial charge in [-0.3, -0.25) is 0 Å². The fraction of sp³-hybridized carbons (Fsp3) is 0.250. The third-order valence-electron chi connectivity index (χ3n) is 1.65. The zero-order chi connectivity index (χ0) is 9.64. The molecule has 0 fully saturated rings. The van der Waals surface area contributed by atoms with Gasteiger partial charge in [0, 0.05) is 3.57 Å². The van der Waals surface area contributed by atoms with Gasteiger partial charge in [-0.25, -0.2) is 0 Å². The highest BCUT2D eigenvalue weighted by molar-refractivity contribution is 14.1. The minimum absolute atomic E-state index is 0.106. The van der Waals surface area contributed by atoms with Gasteiger partial charge in [-0.05, 0) is 47.2 Å². The number of alkyl halides is 2. The number of ether oxygens (including phenoxy) is 2. The maximum atomic E-state index is 12.6. The lowest BCUT2D eigenvalue weighted by Crippen LogP contribution is -2.26. The van der Waals surface area contributed by atoms with Crippen LogP contribution in [-0.2, 0) is 0 Å². The topological polar surface area (TPSA) is 18.5 Å². The smallest absolute Gasteiger partial charge is 0.395 e. The van der Waals surface area contributed by atoms with Crippen molar-refractivity contribution in [3.05, 3.63) is 21.3 Å². The molecule has 0 saturated heterocycles. The Bertz CT molecular complexity index is 365. The van der Waals surface area contributed by atoms with Crippen molar-refractivity contribution in [3.63, 3.8) is 0 Å². The zero-order valence-corrected chi connectivity index (χ0v) is 8.76. The summed E-state index contributed by atoms with van der Waals surface area (Å²) in [5.41, 5.74) is 0.652. The van der Waals surface area contributed by atoms with E-state index in [9.17, 15) is 8.78 Å². The van der Waals surface area contributed by atoms with E-state index in [4.69, 9.17) is 0 Å². The van der Waals surface area contributed by atoms with Crippen molar-refractivity contribution in [1.29, 1.82) is 0 Å². The van der Waals surface area contributed by atoms with E-state index in [1.54, 1.807) is 13.0 Å². The van der Waals surface area contributed by atoms with Crippen LogP contribution < -0.4 is 9.47 Å². The molecule has 2 rings (SSSR count). The van der Waals surface area contributed by atoms with Crippen LogP contribution >= 0.6 is 22.6 Å². The van der Waals surface area contributed by atoms with Gasteiger partial charge in [0.05, 0.1) is 0 Å². The average Bonchev–Trinajstić information content (AvgIpc) is 2.23. The Hall–Kier alpha value is -0.590. The summed E-state index contributed by atoms with van der Waals surface area (Å²) in [6.45, 7) is 1.70. The molecule has 0 radical (unpaired) electrons. The van der Waals surface area contributed by atoms with Gasteiger partial charge in [-0.1, -0.05) is 0 Å². The zero-order valence-electron chi connectivity index (χ0n) is 6.61. The molecule has 0 N–H and O–H groups in total. The number of hydrogen-bond acceptors (Lipinski definition) is 2. The van der Waals surface area contributed by atoms with Gasteiger partial charge >= 0.3 is 6.29 Å². The van der Waals surface area contributed by atoms with Crippen LogP contribution in [0, 0.1) is 10.5 Å². The summed E-state index contributed by atoms with van der Waals surface area (Å²) in [5.74, 6) is 0.236. The summed E-state index contributed by atoms with van der Waals surface area (Å²) in [6.07, 6.45) is -3.52. The molecule has 0 unspecified atom stereocenters. The van der Waals surface area contributed by atoms with Crippen LogP contribution in [0.25, 0.3) is 0 Å². The van der Waals surface area contributed by atoms with Crippen molar-refractivity contribution >= 4 is 22.6 Å². The summed E-state index contributed by atoms with van der Waals surface area (Å²) in [7, 11) is 0. The van der Waals surface area contributed by atoms with Gasteiger partial charge in [0.2, 0.25) is 0 Å². The van der Waals surface area contributed by atoms with Crippen molar-refractivity contribution < 1.29 is 18.3 Å². The Morgan fingerprint density at radius 2 is 2.00 bits per heavy atom. The van der Waals surface area contributed by atoms with Crippen LogP contribution in [-0.4, -0.2) is 6.29 Å². The van der Waals surface area contributed by atoms with E-state index >= 15 is 0 Å². The van der Waals surface area contributed by atoms with Crippen LogP contribution in [0.15, 0.2) is 12.1 Å². The second-order valence-electron chi connectivity index (χ2n) is 2.72. The minimum Gasteiger partial charge on any atom is -0.395 e. The van der Waals surface area contributed by atoms with Gasteiger partial charge in [-0.15, -0.1) is 8.78 Å². The van der Waals surface area contributed by atoms with Crippen LogP contribution in [0.5, 0.6) is 11.5 Å². The van der Waals surface area contributed by atoms with Crippen LogP contribution in [0.2, 0.25) is 0 Å². The summed E-state index contributed by atoms with van der Waals surface area (Å²) in [4.78, 5) is 0. The molecule has 1 aromatic carbocycles. The lowest BCUT2D eigenvalue weighted by molar-refractivity contribution is -0.286. The monoisotopic (exact) mass is 298 g/mol. The highest BCUT2D eigenvalue weighted by atomic mass is 127. The fourth-order valence-corrected chi connectivity index (χ4v) is 1.92. The van der Waals surface area contributed by atoms with Crippen LogP contribution in [0.1, 0.15) is 5.56 Å². The number of fused-ring (bicyclic) bond motifs is 1. The number of halogens is 3. The SMILES string of the molecule is Cc1cc(I)cc2c1OC(F)(F)O2. The first-order chi connectivity index (χ1) is 5.98. The standard InChI is InChI=1S/C8H5F2IO2/c1-4-2-5(11)3-6-7(4)13-8(9,10)12-6/h2-3H,1H3. The van der Waals surface area contributed by atoms with E-state index in [-0.39, 0.29) is 11.5 Å². The molecule has 70 valence electrons. The normalized spacial score (nSPS) is 17.5. The third kappa shape index (κ3) is 1.56. The van der Waals surface area contributed by atoms with Crippen molar-refractivity contribution in [2.24, 2.45) is 0 Å². The second kappa shape index (κ2) is 2.70. The van der Waals surface area contributed by atoms with Crippen LogP contribution in [0.4, 0.5) is 8.78 Å². The third-order valence-corrected chi connectivity index (χ3v) is 2.28. The molecule has 5 heteroatoms. The number of rotatable bonds is 0. The number of hydrogen-bond donors (Lipinski definition) is 0. The predicted octanol–water partition coefficient (Wildman–Crippen LogP) is 2.92. The van der Waals surface area contributed by atoms with E-state index in [1.165, 1.54) is 6.07 Å². The summed E-state index contributed by atoms with van der Waals surface area (Å²) in [5, 5.41) is 0. The molecule has 1 aliphatic heterocycles. The maximum absolute atomic E-state index is 12.6. The Morgan fingerprint density at radius 1 is 1.31 bits per heavy atom. The van der Waals surface area contributed by atoms with Gasteiger partial charge < -0.3 is 9.47 Å². The molecule has 2 nitrogen and oxygen atoms in total. The first kappa shape index (κ1) is 8.98. The Balaban J connectivity index is 2.52. The fourth-order valence-electron chi connectivity index (χ4n) is 1.17. The van der Waals surface area contributed by atoms with Crippen molar-refractivity contribution in [1.82, 2.24) is 0 Å². The second-order valence-corrected chi connectivity index (χ2v) is 3.96. The summed E-state index contributed by atoms with van der Waals surface area (Å²) < 4.78 is 34.7. The predicted molar refractivity (Wildman–Crippen MR) is 50.1 cm³/mol. The summed E-state index contributed by atoms with van der Waals surface area (Å²) >= 11 is 2.03. The maximum Gasteiger partial charge on any atom is 0.586 e. The first-order valence-electron chi connectivity index (χ1n) is 3.54. The first-order valence-corrected chi connectivity index (χ1v) is 4.62. The molecule has 1 heterocycles. The van der Waals surface area contributed by atoms with Gasteiger partial charge in [0.1, 0.15) is 0 Å². The molecule has 0 spiro atoms. The van der Waals surface area contributed by atoms with Gasteiger partial charge in [0.25, 0.3) is 0 Å². The van der Waals surface area contributed by atoms with Crippen molar-refractivity contribution in [3.8, 4) is 11.5 Å². The lowest BCUT2D eigenvalue weighted by Gasteiger charge is -2.04. The molecule has 0 amide bonds. The van der Waals surface area contributed by atoms with Crippen LogP contribution in [0.3, 0.4) is 0 Å². The average molecular weight is 298 g/mol. The van der Waals surface area contributed by atoms with E-state index in [1.807, 2.05) is 22.6 Å². The molecule has 0 bridgehead atoms. The molecular weight excluding hydrogens is 293 g/mol. The molecule has 13 heavy (non-hydrogen) atoms. The Kier molecular flexibility index (Phi) is 1.86. The van der Waals surface area contributed by atoms with Gasteiger partial charge in [-0.2, -0.15) is 0 Å². The van der Waals surface area contributed by atoms with E-state index in [2.05, 4.69) is 9.47 Å². The molecule has 1 aromatic rings. The van der Waals surface area contributed by atoms with E-state index in [0.717, 1.165) is 3.57 Å². The molecule has 0 atom stereocenters. The highest BCUT2D eigenvalue weighted by Crippen LogP contribution is 2.43. The van der Waals surface area contributed by atoms with E-state index < -0.39 is 6.29 Å². The largest absolute Gasteiger partial charge is 0.586 e. The number of aryl methyl sites for hydroxylation is 1. The summed E-state index contributed by atoms with van der Waals surface area (Å²) in [6, 6.07) is 3.27. The highest BCUT2D eigenvalue weighted by Gasteiger charge is 2.44. The van der Waals surface area contributed by atoms with Gasteiger partial charge in [0.15, 0.2) is 11.5 Å².